The molecule has 1 aliphatic heterocycles. The molecule has 2 atom stereocenters. The van der Waals surface area contributed by atoms with Crippen LogP contribution in [0.5, 0.6) is 0 Å². The number of para-hydroxylation sites is 1. The maximum Gasteiger partial charge on any atom is 0.243 e. The van der Waals surface area contributed by atoms with Gasteiger partial charge in [-0.3, -0.25) is 4.79 Å². The highest BCUT2D eigenvalue weighted by Crippen LogP contribution is 2.30. The normalized spacial score (nSPS) is 27.8. The molecule has 1 heterocycles. The molecule has 1 saturated heterocycles. The summed E-state index contributed by atoms with van der Waals surface area (Å²) in [6.07, 6.45) is 1.26. The number of carbonyl (C=O) groups is 1. The highest BCUT2D eigenvalue weighted by atomic mass is 16.5. The van der Waals surface area contributed by atoms with Gasteiger partial charge in [0, 0.05) is 25.1 Å². The van der Waals surface area contributed by atoms with Crippen LogP contribution in [0.15, 0.2) is 24.3 Å². The highest BCUT2D eigenvalue weighted by Gasteiger charge is 2.41. The highest BCUT2D eigenvalue weighted by molar-refractivity contribution is 5.88. The van der Waals surface area contributed by atoms with E-state index in [2.05, 4.69) is 5.32 Å². The number of carbonyl (C=O) groups excluding carboxylic acids is 1. The summed E-state index contributed by atoms with van der Waals surface area (Å²) in [7, 11) is 0. The third-order valence-corrected chi connectivity index (χ3v) is 3.56. The van der Waals surface area contributed by atoms with Crippen molar-refractivity contribution in [1.29, 1.82) is 0 Å². The Balaban J connectivity index is 2.26. The smallest absolute Gasteiger partial charge is 0.243 e. The number of amides is 1. The molecule has 1 aromatic carbocycles. The first kappa shape index (κ1) is 12.9. The number of ether oxygens (including phenoxy) is 1. The van der Waals surface area contributed by atoms with Crippen molar-refractivity contribution in [2.45, 2.75) is 38.3 Å². The van der Waals surface area contributed by atoms with Gasteiger partial charge in [-0.05, 0) is 25.5 Å². The second-order valence-corrected chi connectivity index (χ2v) is 5.02. The maximum atomic E-state index is 11.8. The van der Waals surface area contributed by atoms with Crippen molar-refractivity contribution in [2.24, 2.45) is 5.73 Å². The molecular weight excluding hydrogens is 228 g/mol. The molecule has 0 radical (unpaired) electrons. The maximum absolute atomic E-state index is 11.8. The molecule has 4 nitrogen and oxygen atoms in total. The molecular formula is C14H20N2O2. The minimum Gasteiger partial charge on any atom is -0.378 e. The average Bonchev–Trinajstić information content (AvgIpc) is 2.32. The molecule has 0 spiro atoms. The Labute approximate surface area is 108 Å². The minimum atomic E-state index is -0.691. The number of rotatable bonds is 3. The van der Waals surface area contributed by atoms with Gasteiger partial charge in [0.25, 0.3) is 0 Å². The standard InChI is InChI=1S/C14H20N2O2/c1-10-5-3-4-6-12(10)16-14(13(15)17)7-8-18-11(2)9-14/h3-6,11,16H,7-9H2,1-2H3,(H2,15,17). The first-order chi connectivity index (χ1) is 8.53. The molecule has 0 aromatic heterocycles. The summed E-state index contributed by atoms with van der Waals surface area (Å²) in [5, 5.41) is 3.34. The molecule has 1 fully saturated rings. The van der Waals surface area contributed by atoms with Crippen LogP contribution < -0.4 is 11.1 Å². The molecule has 3 N–H and O–H groups in total. The quantitative estimate of drug-likeness (QED) is 0.857. The van der Waals surface area contributed by atoms with E-state index in [9.17, 15) is 4.79 Å². The first-order valence-corrected chi connectivity index (χ1v) is 6.29. The summed E-state index contributed by atoms with van der Waals surface area (Å²) in [6, 6.07) is 7.91. The summed E-state index contributed by atoms with van der Waals surface area (Å²) in [5.41, 5.74) is 6.99. The minimum absolute atomic E-state index is 0.0442. The van der Waals surface area contributed by atoms with Gasteiger partial charge in [-0.2, -0.15) is 0 Å². The van der Waals surface area contributed by atoms with E-state index in [1.165, 1.54) is 0 Å². The zero-order valence-electron chi connectivity index (χ0n) is 10.9. The third-order valence-electron chi connectivity index (χ3n) is 3.56. The number of hydrogen-bond donors (Lipinski definition) is 2. The van der Waals surface area contributed by atoms with Gasteiger partial charge < -0.3 is 15.8 Å². The fourth-order valence-corrected chi connectivity index (χ4v) is 2.46. The van der Waals surface area contributed by atoms with E-state index in [-0.39, 0.29) is 12.0 Å². The molecule has 2 unspecified atom stereocenters. The van der Waals surface area contributed by atoms with Crippen LogP contribution in [0.1, 0.15) is 25.3 Å². The van der Waals surface area contributed by atoms with Crippen molar-refractivity contribution < 1.29 is 9.53 Å². The van der Waals surface area contributed by atoms with E-state index in [1.54, 1.807) is 0 Å². The number of nitrogens with one attached hydrogen (secondary N) is 1. The Morgan fingerprint density at radius 1 is 1.50 bits per heavy atom. The van der Waals surface area contributed by atoms with Gasteiger partial charge in [0.1, 0.15) is 5.54 Å². The lowest BCUT2D eigenvalue weighted by molar-refractivity contribution is -0.127. The first-order valence-electron chi connectivity index (χ1n) is 6.29. The lowest BCUT2D eigenvalue weighted by atomic mass is 9.85. The second kappa shape index (κ2) is 4.98. The Morgan fingerprint density at radius 2 is 2.22 bits per heavy atom. The largest absolute Gasteiger partial charge is 0.378 e. The lowest BCUT2D eigenvalue weighted by Gasteiger charge is -2.39. The van der Waals surface area contributed by atoms with Gasteiger partial charge in [0.2, 0.25) is 5.91 Å². The average molecular weight is 248 g/mol. The van der Waals surface area contributed by atoms with Crippen molar-refractivity contribution in [3.8, 4) is 0 Å². The molecule has 1 aliphatic rings. The monoisotopic (exact) mass is 248 g/mol. The van der Waals surface area contributed by atoms with Crippen molar-refractivity contribution >= 4 is 11.6 Å². The number of benzene rings is 1. The Bertz CT molecular complexity index is 447. The zero-order chi connectivity index (χ0) is 13.2. The number of anilines is 1. The van der Waals surface area contributed by atoms with E-state index < -0.39 is 5.54 Å². The van der Waals surface area contributed by atoms with E-state index in [0.717, 1.165) is 11.3 Å². The van der Waals surface area contributed by atoms with Gasteiger partial charge >= 0.3 is 0 Å². The Hall–Kier alpha value is -1.55. The zero-order valence-corrected chi connectivity index (χ0v) is 10.9. The summed E-state index contributed by atoms with van der Waals surface area (Å²) < 4.78 is 5.50. The molecule has 18 heavy (non-hydrogen) atoms. The molecule has 0 aliphatic carbocycles. The Morgan fingerprint density at radius 3 is 2.83 bits per heavy atom. The second-order valence-electron chi connectivity index (χ2n) is 5.02. The summed E-state index contributed by atoms with van der Waals surface area (Å²) in [6.45, 7) is 4.54. The summed E-state index contributed by atoms with van der Waals surface area (Å²) in [5.74, 6) is -0.305. The summed E-state index contributed by atoms with van der Waals surface area (Å²) in [4.78, 5) is 11.8. The topological polar surface area (TPSA) is 64.3 Å². The molecule has 0 saturated carbocycles. The molecule has 1 amide bonds. The molecule has 0 bridgehead atoms. The van der Waals surface area contributed by atoms with Crippen molar-refractivity contribution in [1.82, 2.24) is 0 Å². The predicted octanol–water partition coefficient (Wildman–Crippen LogP) is 1.83. The fraction of sp³-hybridized carbons (Fsp3) is 0.500. The van der Waals surface area contributed by atoms with Gasteiger partial charge in [0.15, 0.2) is 0 Å². The van der Waals surface area contributed by atoms with Crippen LogP contribution >= 0.6 is 0 Å². The summed E-state index contributed by atoms with van der Waals surface area (Å²) >= 11 is 0. The van der Waals surface area contributed by atoms with Crippen molar-refractivity contribution in [3.63, 3.8) is 0 Å². The van der Waals surface area contributed by atoms with Crippen molar-refractivity contribution in [2.75, 3.05) is 11.9 Å². The van der Waals surface area contributed by atoms with Gasteiger partial charge in [-0.15, -0.1) is 0 Å². The van der Waals surface area contributed by atoms with E-state index in [1.807, 2.05) is 38.1 Å². The van der Waals surface area contributed by atoms with Crippen LogP contribution in [0.3, 0.4) is 0 Å². The van der Waals surface area contributed by atoms with Gasteiger partial charge in [-0.25, -0.2) is 0 Å². The van der Waals surface area contributed by atoms with Crippen LogP contribution in [0.4, 0.5) is 5.69 Å². The van der Waals surface area contributed by atoms with Crippen LogP contribution in [0.2, 0.25) is 0 Å². The number of hydrogen-bond acceptors (Lipinski definition) is 3. The Kier molecular flexibility index (Phi) is 3.57. The number of aryl methyl sites for hydroxylation is 1. The number of nitrogens with two attached hydrogens (primary N) is 1. The van der Waals surface area contributed by atoms with Crippen LogP contribution in [-0.2, 0) is 9.53 Å². The number of primary amides is 1. The van der Waals surface area contributed by atoms with Crippen LogP contribution in [-0.4, -0.2) is 24.2 Å². The lowest BCUT2D eigenvalue weighted by Crippen LogP contribution is -2.55. The molecule has 4 heteroatoms. The van der Waals surface area contributed by atoms with E-state index in [4.69, 9.17) is 10.5 Å². The van der Waals surface area contributed by atoms with Crippen molar-refractivity contribution in [3.05, 3.63) is 29.8 Å². The van der Waals surface area contributed by atoms with Gasteiger partial charge in [0.05, 0.1) is 6.10 Å². The molecule has 98 valence electrons. The third kappa shape index (κ3) is 2.48. The molecule has 2 rings (SSSR count). The molecule has 1 aromatic rings. The van der Waals surface area contributed by atoms with E-state index in [0.29, 0.717) is 19.4 Å². The SMILES string of the molecule is Cc1ccccc1NC1(C(N)=O)CCOC(C)C1. The predicted molar refractivity (Wildman–Crippen MR) is 71.4 cm³/mol. The fourth-order valence-electron chi connectivity index (χ4n) is 2.46. The van der Waals surface area contributed by atoms with E-state index >= 15 is 0 Å². The van der Waals surface area contributed by atoms with Crippen LogP contribution in [0, 0.1) is 6.92 Å². The van der Waals surface area contributed by atoms with Gasteiger partial charge in [-0.1, -0.05) is 18.2 Å². The van der Waals surface area contributed by atoms with Crippen LogP contribution in [0.25, 0.3) is 0 Å².